The van der Waals surface area contributed by atoms with E-state index in [1.165, 1.54) is 0 Å². The van der Waals surface area contributed by atoms with Gasteiger partial charge in [0.05, 0.1) is 5.56 Å². The molecule has 0 fully saturated rings. The number of carbonyl (C=O) groups excluding carboxylic acids is 2. The zero-order valence-electron chi connectivity index (χ0n) is 14.7. The van der Waals surface area contributed by atoms with E-state index >= 15 is 0 Å². The second-order valence-corrected chi connectivity index (χ2v) is 6.47. The molecule has 0 bridgehead atoms. The number of anilines is 1. The van der Waals surface area contributed by atoms with Crippen molar-refractivity contribution < 1.29 is 14.3 Å². The molecule has 1 N–H and O–H groups in total. The van der Waals surface area contributed by atoms with Crippen molar-refractivity contribution in [1.29, 1.82) is 0 Å². The van der Waals surface area contributed by atoms with Crippen LogP contribution in [0, 0.1) is 6.92 Å². The van der Waals surface area contributed by atoms with E-state index in [1.54, 1.807) is 48.5 Å². The minimum Gasteiger partial charge on any atom is -0.483 e. The van der Waals surface area contributed by atoms with Gasteiger partial charge < -0.3 is 10.1 Å². The number of nitrogens with one attached hydrogen (secondary N) is 1. The van der Waals surface area contributed by atoms with Crippen LogP contribution in [0.15, 0.2) is 72.8 Å². The number of benzene rings is 3. The summed E-state index contributed by atoms with van der Waals surface area (Å²) in [6, 6.07) is 21.1. The fraction of sp³-hybridized carbons (Fsp3) is 0.0909. The van der Waals surface area contributed by atoms with Crippen molar-refractivity contribution in [2.45, 2.75) is 6.92 Å². The number of ketones is 1. The van der Waals surface area contributed by atoms with Crippen molar-refractivity contribution in [2.75, 3.05) is 11.9 Å². The molecule has 0 atom stereocenters. The number of halogens is 1. The molecule has 5 heteroatoms. The molecule has 0 radical (unpaired) electrons. The highest BCUT2D eigenvalue weighted by Crippen LogP contribution is 2.23. The van der Waals surface area contributed by atoms with Gasteiger partial charge in [0, 0.05) is 16.3 Å². The zero-order chi connectivity index (χ0) is 19.2. The second-order valence-electron chi connectivity index (χ2n) is 6.04. The topological polar surface area (TPSA) is 55.4 Å². The van der Waals surface area contributed by atoms with Crippen LogP contribution in [0.1, 0.15) is 21.5 Å². The van der Waals surface area contributed by atoms with Crippen LogP contribution in [0.5, 0.6) is 5.75 Å². The summed E-state index contributed by atoms with van der Waals surface area (Å²) in [7, 11) is 0. The molecule has 0 saturated carbocycles. The van der Waals surface area contributed by atoms with Crippen molar-refractivity contribution in [3.05, 3.63) is 94.5 Å². The Morgan fingerprint density at radius 3 is 2.37 bits per heavy atom. The van der Waals surface area contributed by atoms with E-state index in [0.29, 0.717) is 27.6 Å². The number of hydrogen-bond acceptors (Lipinski definition) is 3. The van der Waals surface area contributed by atoms with E-state index in [0.717, 1.165) is 5.56 Å². The standard InChI is InChI=1S/C22H18ClNO3/c1-15-7-12-20(19(13-15)22(26)16-5-3-2-4-6-16)27-14-21(25)24-18-10-8-17(23)9-11-18/h2-13H,14H2,1H3,(H,24,25). The molecule has 0 aliphatic carbocycles. The quantitative estimate of drug-likeness (QED) is 0.620. The maximum absolute atomic E-state index is 12.8. The van der Waals surface area contributed by atoms with Gasteiger partial charge >= 0.3 is 0 Å². The summed E-state index contributed by atoms with van der Waals surface area (Å²) in [4.78, 5) is 24.9. The van der Waals surface area contributed by atoms with Crippen molar-refractivity contribution >= 4 is 29.0 Å². The lowest BCUT2D eigenvalue weighted by molar-refractivity contribution is -0.118. The lowest BCUT2D eigenvalue weighted by Gasteiger charge is -2.12. The molecule has 3 aromatic carbocycles. The minimum atomic E-state index is -0.323. The highest BCUT2D eigenvalue weighted by Gasteiger charge is 2.16. The molecule has 4 nitrogen and oxygen atoms in total. The van der Waals surface area contributed by atoms with E-state index in [2.05, 4.69) is 5.32 Å². The Morgan fingerprint density at radius 2 is 1.67 bits per heavy atom. The molecule has 27 heavy (non-hydrogen) atoms. The molecular formula is C22H18ClNO3. The van der Waals surface area contributed by atoms with Crippen molar-refractivity contribution in [1.82, 2.24) is 0 Å². The molecule has 0 spiro atoms. The number of amides is 1. The number of hydrogen-bond donors (Lipinski definition) is 1. The first-order valence-electron chi connectivity index (χ1n) is 8.41. The minimum absolute atomic E-state index is 0.146. The Balaban J connectivity index is 1.72. The Bertz CT molecular complexity index is 953. The van der Waals surface area contributed by atoms with Gasteiger partial charge in [-0.25, -0.2) is 0 Å². The Labute approximate surface area is 162 Å². The summed E-state index contributed by atoms with van der Waals surface area (Å²) in [6.07, 6.45) is 0. The first-order valence-corrected chi connectivity index (χ1v) is 8.79. The van der Waals surface area contributed by atoms with Crippen LogP contribution in [-0.4, -0.2) is 18.3 Å². The summed E-state index contributed by atoms with van der Waals surface area (Å²) in [5, 5.41) is 3.31. The van der Waals surface area contributed by atoms with Crippen LogP contribution >= 0.6 is 11.6 Å². The van der Waals surface area contributed by atoms with Crippen LogP contribution < -0.4 is 10.1 Å². The normalized spacial score (nSPS) is 10.3. The van der Waals surface area contributed by atoms with Crippen LogP contribution in [0.2, 0.25) is 5.02 Å². The highest BCUT2D eigenvalue weighted by atomic mass is 35.5. The third kappa shape index (κ3) is 4.96. The molecule has 0 aliphatic rings. The average molecular weight is 380 g/mol. The van der Waals surface area contributed by atoms with Gasteiger partial charge in [0.1, 0.15) is 5.75 Å². The van der Waals surface area contributed by atoms with Gasteiger partial charge in [-0.1, -0.05) is 53.6 Å². The van der Waals surface area contributed by atoms with Gasteiger partial charge in [-0.05, 0) is 43.3 Å². The fourth-order valence-corrected chi connectivity index (χ4v) is 2.69. The van der Waals surface area contributed by atoms with Gasteiger partial charge in [-0.15, -0.1) is 0 Å². The van der Waals surface area contributed by atoms with Crippen LogP contribution in [0.25, 0.3) is 0 Å². The molecule has 1 amide bonds. The van der Waals surface area contributed by atoms with E-state index in [9.17, 15) is 9.59 Å². The summed E-state index contributed by atoms with van der Waals surface area (Å²) in [5.74, 6) is -0.0934. The van der Waals surface area contributed by atoms with Gasteiger partial charge in [-0.2, -0.15) is 0 Å². The van der Waals surface area contributed by atoms with E-state index < -0.39 is 0 Å². The summed E-state index contributed by atoms with van der Waals surface area (Å²) in [5.41, 5.74) is 2.56. The molecule has 0 saturated heterocycles. The van der Waals surface area contributed by atoms with Crippen LogP contribution in [0.4, 0.5) is 5.69 Å². The van der Waals surface area contributed by atoms with Crippen molar-refractivity contribution in [3.63, 3.8) is 0 Å². The summed E-state index contributed by atoms with van der Waals surface area (Å²) in [6.45, 7) is 1.69. The third-order valence-corrected chi connectivity index (χ3v) is 4.15. The average Bonchev–Trinajstić information content (AvgIpc) is 2.69. The molecule has 136 valence electrons. The zero-order valence-corrected chi connectivity index (χ0v) is 15.5. The van der Waals surface area contributed by atoms with Gasteiger partial charge in [0.2, 0.25) is 0 Å². The maximum Gasteiger partial charge on any atom is 0.262 e. The summed E-state index contributed by atoms with van der Waals surface area (Å²) < 4.78 is 5.63. The molecule has 3 rings (SSSR count). The summed E-state index contributed by atoms with van der Waals surface area (Å²) >= 11 is 5.83. The first kappa shape index (κ1) is 18.7. The number of rotatable bonds is 6. The Morgan fingerprint density at radius 1 is 0.963 bits per heavy atom. The lowest BCUT2D eigenvalue weighted by Crippen LogP contribution is -2.21. The Kier molecular flexibility index (Phi) is 5.89. The largest absolute Gasteiger partial charge is 0.483 e. The van der Waals surface area contributed by atoms with Gasteiger partial charge in [0.15, 0.2) is 12.4 Å². The van der Waals surface area contributed by atoms with E-state index in [-0.39, 0.29) is 18.3 Å². The highest BCUT2D eigenvalue weighted by molar-refractivity contribution is 6.30. The smallest absolute Gasteiger partial charge is 0.262 e. The van der Waals surface area contributed by atoms with Gasteiger partial charge in [-0.3, -0.25) is 9.59 Å². The number of carbonyl (C=O) groups is 2. The molecule has 3 aromatic rings. The van der Waals surface area contributed by atoms with Crippen LogP contribution in [0.3, 0.4) is 0 Å². The molecule has 0 heterocycles. The third-order valence-electron chi connectivity index (χ3n) is 3.90. The molecular weight excluding hydrogens is 362 g/mol. The van der Waals surface area contributed by atoms with Gasteiger partial charge in [0.25, 0.3) is 5.91 Å². The number of aryl methyl sites for hydroxylation is 1. The first-order chi connectivity index (χ1) is 13.0. The Hall–Kier alpha value is -3.11. The predicted molar refractivity (Wildman–Crippen MR) is 107 cm³/mol. The fourth-order valence-electron chi connectivity index (χ4n) is 2.57. The molecule has 0 aliphatic heterocycles. The molecule has 0 unspecified atom stereocenters. The van der Waals surface area contributed by atoms with E-state index in [4.69, 9.17) is 16.3 Å². The lowest BCUT2D eigenvalue weighted by atomic mass is 10.0. The maximum atomic E-state index is 12.8. The van der Waals surface area contributed by atoms with Crippen LogP contribution in [-0.2, 0) is 4.79 Å². The predicted octanol–water partition coefficient (Wildman–Crippen LogP) is 4.90. The second kappa shape index (κ2) is 8.52. The van der Waals surface area contributed by atoms with Crippen molar-refractivity contribution in [2.24, 2.45) is 0 Å². The SMILES string of the molecule is Cc1ccc(OCC(=O)Nc2ccc(Cl)cc2)c(C(=O)c2ccccc2)c1. The monoisotopic (exact) mass is 379 g/mol. The molecule has 0 aromatic heterocycles. The van der Waals surface area contributed by atoms with E-state index in [1.807, 2.05) is 31.2 Å². The number of ether oxygens (including phenoxy) is 1. The van der Waals surface area contributed by atoms with Crippen molar-refractivity contribution in [3.8, 4) is 5.75 Å².